The van der Waals surface area contributed by atoms with Gasteiger partial charge < -0.3 is 11.1 Å². The molecule has 0 bridgehead atoms. The van der Waals surface area contributed by atoms with Crippen molar-refractivity contribution >= 4 is 18.3 Å². The van der Waals surface area contributed by atoms with Gasteiger partial charge in [-0.3, -0.25) is 4.79 Å². The smallest absolute Gasteiger partial charge is 0.223 e. The first-order valence-corrected chi connectivity index (χ1v) is 7.65. The van der Waals surface area contributed by atoms with Gasteiger partial charge in [0, 0.05) is 12.5 Å². The maximum Gasteiger partial charge on any atom is 0.223 e. The Morgan fingerprint density at radius 3 is 2.47 bits per heavy atom. The highest BCUT2D eigenvalue weighted by Gasteiger charge is 2.25. The van der Waals surface area contributed by atoms with Crippen LogP contribution in [0.5, 0.6) is 0 Å². The topological polar surface area (TPSA) is 55.1 Å². The largest absolute Gasteiger partial charge is 0.356 e. The molecular weight excluding hydrogens is 260 g/mol. The van der Waals surface area contributed by atoms with E-state index in [9.17, 15) is 4.79 Å². The molecule has 0 heterocycles. The molecule has 1 rings (SSSR count). The number of nitrogens with one attached hydrogen (secondary N) is 1. The molecule has 0 aliphatic heterocycles. The van der Waals surface area contributed by atoms with Crippen LogP contribution in [0.4, 0.5) is 0 Å². The summed E-state index contributed by atoms with van der Waals surface area (Å²) in [6.45, 7) is 5.69. The van der Waals surface area contributed by atoms with Gasteiger partial charge >= 0.3 is 0 Å². The van der Waals surface area contributed by atoms with Crippen LogP contribution in [-0.2, 0) is 4.79 Å². The maximum absolute atomic E-state index is 12.0. The van der Waals surface area contributed by atoms with Gasteiger partial charge in [-0.1, -0.05) is 33.1 Å². The standard InChI is InChI=1S/C15H30N2O.ClH/c1-3-4-5-13-6-8-14(9-7-13)15(18)17-11-12(2)10-16;/h12-14H,3-11,16H2,1-2H3,(H,17,18);1H. The molecule has 0 saturated heterocycles. The number of hydrogen-bond acceptors (Lipinski definition) is 2. The number of halogens is 1. The molecule has 1 fully saturated rings. The predicted molar refractivity (Wildman–Crippen MR) is 83.4 cm³/mol. The van der Waals surface area contributed by atoms with E-state index in [1.807, 2.05) is 0 Å². The molecule has 0 aromatic carbocycles. The van der Waals surface area contributed by atoms with E-state index in [1.54, 1.807) is 0 Å². The van der Waals surface area contributed by atoms with E-state index in [4.69, 9.17) is 5.73 Å². The van der Waals surface area contributed by atoms with Crippen LogP contribution in [0.25, 0.3) is 0 Å². The number of amides is 1. The summed E-state index contributed by atoms with van der Waals surface area (Å²) >= 11 is 0. The Kier molecular flexibility index (Phi) is 10.3. The second kappa shape index (κ2) is 10.5. The highest BCUT2D eigenvalue weighted by molar-refractivity contribution is 5.85. The fraction of sp³-hybridized carbons (Fsp3) is 0.933. The van der Waals surface area contributed by atoms with Crippen LogP contribution in [0.1, 0.15) is 58.8 Å². The predicted octanol–water partition coefficient (Wildman–Crippen LogP) is 3.12. The van der Waals surface area contributed by atoms with Crippen molar-refractivity contribution in [2.45, 2.75) is 58.8 Å². The van der Waals surface area contributed by atoms with Crippen molar-refractivity contribution in [2.24, 2.45) is 23.5 Å². The van der Waals surface area contributed by atoms with Crippen molar-refractivity contribution in [3.8, 4) is 0 Å². The van der Waals surface area contributed by atoms with Gasteiger partial charge in [0.2, 0.25) is 5.91 Å². The highest BCUT2D eigenvalue weighted by atomic mass is 35.5. The van der Waals surface area contributed by atoms with E-state index in [2.05, 4.69) is 19.2 Å². The summed E-state index contributed by atoms with van der Waals surface area (Å²) in [5.41, 5.74) is 5.55. The zero-order chi connectivity index (χ0) is 13.4. The third kappa shape index (κ3) is 7.17. The lowest BCUT2D eigenvalue weighted by molar-refractivity contribution is -0.126. The van der Waals surface area contributed by atoms with E-state index in [-0.39, 0.29) is 24.2 Å². The molecule has 19 heavy (non-hydrogen) atoms. The summed E-state index contributed by atoms with van der Waals surface area (Å²) in [6.07, 6.45) is 8.63. The first-order valence-electron chi connectivity index (χ1n) is 7.65. The number of carbonyl (C=O) groups excluding carboxylic acids is 1. The molecule has 1 aliphatic carbocycles. The average Bonchev–Trinajstić information content (AvgIpc) is 2.42. The van der Waals surface area contributed by atoms with Crippen molar-refractivity contribution in [3.05, 3.63) is 0 Å². The summed E-state index contributed by atoms with van der Waals surface area (Å²) in [5, 5.41) is 3.04. The van der Waals surface area contributed by atoms with Crippen LogP contribution in [0.15, 0.2) is 0 Å². The van der Waals surface area contributed by atoms with E-state index >= 15 is 0 Å². The SMILES string of the molecule is CCCCC1CCC(C(=O)NCC(C)CN)CC1.Cl. The zero-order valence-electron chi connectivity index (χ0n) is 12.5. The van der Waals surface area contributed by atoms with Crippen molar-refractivity contribution in [1.82, 2.24) is 5.32 Å². The third-order valence-corrected chi connectivity index (χ3v) is 4.21. The Morgan fingerprint density at radius 1 is 1.32 bits per heavy atom. The van der Waals surface area contributed by atoms with E-state index < -0.39 is 0 Å². The molecule has 1 aliphatic rings. The molecule has 1 atom stereocenters. The molecule has 0 radical (unpaired) electrons. The molecule has 1 amide bonds. The zero-order valence-corrected chi connectivity index (χ0v) is 13.3. The van der Waals surface area contributed by atoms with Crippen LogP contribution in [-0.4, -0.2) is 19.0 Å². The lowest BCUT2D eigenvalue weighted by atomic mass is 9.79. The van der Waals surface area contributed by atoms with E-state index in [0.717, 1.165) is 25.3 Å². The Bertz CT molecular complexity index is 240. The van der Waals surface area contributed by atoms with Gasteiger partial charge in [0.05, 0.1) is 0 Å². The first-order chi connectivity index (χ1) is 8.67. The van der Waals surface area contributed by atoms with Crippen molar-refractivity contribution in [2.75, 3.05) is 13.1 Å². The molecule has 3 N–H and O–H groups in total. The molecular formula is C15H31ClN2O. The van der Waals surface area contributed by atoms with Crippen LogP contribution in [0.3, 0.4) is 0 Å². The normalized spacial score (nSPS) is 24.4. The third-order valence-electron chi connectivity index (χ3n) is 4.21. The number of carbonyl (C=O) groups is 1. The van der Waals surface area contributed by atoms with Gasteiger partial charge in [-0.2, -0.15) is 0 Å². The van der Waals surface area contributed by atoms with Crippen molar-refractivity contribution in [1.29, 1.82) is 0 Å². The van der Waals surface area contributed by atoms with Gasteiger partial charge in [-0.05, 0) is 44.1 Å². The van der Waals surface area contributed by atoms with Crippen LogP contribution in [0, 0.1) is 17.8 Å². The Morgan fingerprint density at radius 2 is 1.95 bits per heavy atom. The summed E-state index contributed by atoms with van der Waals surface area (Å²) in [5.74, 6) is 1.77. The quantitative estimate of drug-likeness (QED) is 0.757. The second-order valence-corrected chi connectivity index (χ2v) is 5.95. The van der Waals surface area contributed by atoms with Crippen molar-refractivity contribution < 1.29 is 4.79 Å². The van der Waals surface area contributed by atoms with Gasteiger partial charge in [0.15, 0.2) is 0 Å². The number of nitrogens with two attached hydrogens (primary N) is 1. The average molecular weight is 291 g/mol. The molecule has 4 heteroatoms. The second-order valence-electron chi connectivity index (χ2n) is 5.95. The lowest BCUT2D eigenvalue weighted by Gasteiger charge is -2.28. The van der Waals surface area contributed by atoms with Crippen LogP contribution >= 0.6 is 12.4 Å². The summed E-state index contributed by atoms with van der Waals surface area (Å²) < 4.78 is 0. The van der Waals surface area contributed by atoms with Gasteiger partial charge in [0.1, 0.15) is 0 Å². The molecule has 1 saturated carbocycles. The molecule has 0 aromatic rings. The number of rotatable bonds is 7. The summed E-state index contributed by atoms with van der Waals surface area (Å²) in [6, 6.07) is 0. The molecule has 1 unspecified atom stereocenters. The van der Waals surface area contributed by atoms with Crippen LogP contribution in [0.2, 0.25) is 0 Å². The maximum atomic E-state index is 12.0. The fourth-order valence-electron chi connectivity index (χ4n) is 2.71. The number of unbranched alkanes of at least 4 members (excludes halogenated alkanes) is 1. The fourth-order valence-corrected chi connectivity index (χ4v) is 2.71. The Hall–Kier alpha value is -0.280. The van der Waals surface area contributed by atoms with Crippen molar-refractivity contribution in [3.63, 3.8) is 0 Å². The monoisotopic (exact) mass is 290 g/mol. The van der Waals surface area contributed by atoms with E-state index in [1.165, 1.54) is 32.1 Å². The lowest BCUT2D eigenvalue weighted by Crippen LogP contribution is -2.37. The summed E-state index contributed by atoms with van der Waals surface area (Å²) in [4.78, 5) is 12.0. The molecule has 0 spiro atoms. The van der Waals surface area contributed by atoms with Gasteiger partial charge in [0.25, 0.3) is 0 Å². The van der Waals surface area contributed by atoms with Crippen LogP contribution < -0.4 is 11.1 Å². The van der Waals surface area contributed by atoms with Gasteiger partial charge in [-0.25, -0.2) is 0 Å². The molecule has 0 aromatic heterocycles. The molecule has 3 nitrogen and oxygen atoms in total. The number of hydrogen-bond donors (Lipinski definition) is 2. The summed E-state index contributed by atoms with van der Waals surface area (Å²) in [7, 11) is 0. The highest BCUT2D eigenvalue weighted by Crippen LogP contribution is 2.31. The molecule has 114 valence electrons. The minimum absolute atomic E-state index is 0. The van der Waals surface area contributed by atoms with Gasteiger partial charge in [-0.15, -0.1) is 12.4 Å². The van der Waals surface area contributed by atoms with E-state index in [0.29, 0.717) is 12.5 Å². The first kappa shape index (κ1) is 18.7. The minimum atomic E-state index is 0. The minimum Gasteiger partial charge on any atom is -0.356 e. The Labute approximate surface area is 124 Å². The Balaban J connectivity index is 0.00000324.